The summed E-state index contributed by atoms with van der Waals surface area (Å²) in [6, 6.07) is 10.9. The largest absolute Gasteiger partial charge is 0.373 e. The van der Waals surface area contributed by atoms with Gasteiger partial charge < -0.3 is 10.1 Å². The predicted octanol–water partition coefficient (Wildman–Crippen LogP) is 2.36. The summed E-state index contributed by atoms with van der Waals surface area (Å²) < 4.78 is 5.87. The summed E-state index contributed by atoms with van der Waals surface area (Å²) >= 11 is 0. The summed E-state index contributed by atoms with van der Waals surface area (Å²) in [4.78, 5) is 14.4. The first-order valence-electron chi connectivity index (χ1n) is 8.41. The Morgan fingerprint density at radius 1 is 1.32 bits per heavy atom. The van der Waals surface area contributed by atoms with Gasteiger partial charge in [0.15, 0.2) is 0 Å². The number of nitrogens with one attached hydrogen (secondary N) is 1. The molecule has 0 radical (unpaired) electrons. The lowest BCUT2D eigenvalue weighted by Gasteiger charge is -2.22. The Kier molecular flexibility index (Phi) is 5.11. The van der Waals surface area contributed by atoms with Crippen LogP contribution in [0.15, 0.2) is 30.3 Å². The highest BCUT2D eigenvalue weighted by Gasteiger charge is 2.30. The van der Waals surface area contributed by atoms with E-state index in [2.05, 4.69) is 29.3 Å². The van der Waals surface area contributed by atoms with E-state index in [4.69, 9.17) is 4.74 Å². The van der Waals surface area contributed by atoms with Gasteiger partial charge in [0.25, 0.3) is 0 Å². The zero-order valence-electron chi connectivity index (χ0n) is 13.3. The van der Waals surface area contributed by atoms with Gasteiger partial charge in [0.1, 0.15) is 0 Å². The highest BCUT2D eigenvalue weighted by Crippen LogP contribution is 2.33. The van der Waals surface area contributed by atoms with Crippen molar-refractivity contribution in [2.45, 2.75) is 38.3 Å². The first-order valence-corrected chi connectivity index (χ1v) is 8.41. The van der Waals surface area contributed by atoms with Gasteiger partial charge in [0, 0.05) is 25.1 Å². The van der Waals surface area contributed by atoms with Crippen molar-refractivity contribution >= 4 is 5.91 Å². The van der Waals surface area contributed by atoms with Gasteiger partial charge in [-0.1, -0.05) is 30.3 Å². The highest BCUT2D eigenvalue weighted by molar-refractivity contribution is 5.78. The third kappa shape index (κ3) is 3.68. The van der Waals surface area contributed by atoms with E-state index in [0.717, 1.165) is 19.6 Å². The first-order chi connectivity index (χ1) is 10.7. The minimum atomic E-state index is 0.118. The lowest BCUT2D eigenvalue weighted by Crippen LogP contribution is -2.40. The number of rotatable bonds is 5. The van der Waals surface area contributed by atoms with E-state index >= 15 is 0 Å². The number of hydrogen-bond donors (Lipinski definition) is 1. The molecule has 0 aromatic heterocycles. The number of ether oxygens (including phenoxy) is 1. The van der Waals surface area contributed by atoms with Crippen molar-refractivity contribution in [2.75, 3.05) is 26.2 Å². The molecular weight excluding hydrogens is 276 g/mol. The Labute approximate surface area is 132 Å². The molecule has 22 heavy (non-hydrogen) atoms. The Balaban J connectivity index is 1.49. The number of nitrogens with zero attached hydrogens (tertiary/aromatic N) is 1. The fourth-order valence-electron chi connectivity index (χ4n) is 3.57. The summed E-state index contributed by atoms with van der Waals surface area (Å²) in [6.07, 6.45) is 3.55. The van der Waals surface area contributed by atoms with Crippen LogP contribution in [-0.2, 0) is 9.53 Å². The number of likely N-dealkylation sites (tertiary alicyclic amines) is 1. The SMILES string of the molecule is C[C@H]1CCCN1CC(=O)NC[C@H]1CCO[C@@H]1c1ccccc1. The van der Waals surface area contributed by atoms with Crippen molar-refractivity contribution in [1.82, 2.24) is 10.2 Å². The molecule has 2 saturated heterocycles. The molecule has 0 aliphatic carbocycles. The molecule has 1 aromatic rings. The molecular formula is C18H26N2O2. The van der Waals surface area contributed by atoms with Crippen molar-refractivity contribution < 1.29 is 9.53 Å². The normalized spacial score (nSPS) is 28.9. The van der Waals surface area contributed by atoms with Gasteiger partial charge in [-0.2, -0.15) is 0 Å². The van der Waals surface area contributed by atoms with Crippen LogP contribution in [0.25, 0.3) is 0 Å². The molecule has 2 fully saturated rings. The van der Waals surface area contributed by atoms with Gasteiger partial charge in [-0.3, -0.25) is 9.69 Å². The van der Waals surface area contributed by atoms with Gasteiger partial charge in [-0.05, 0) is 38.3 Å². The second-order valence-electron chi connectivity index (χ2n) is 6.52. The molecule has 1 N–H and O–H groups in total. The van der Waals surface area contributed by atoms with E-state index in [1.165, 1.54) is 18.4 Å². The Morgan fingerprint density at radius 3 is 2.86 bits per heavy atom. The number of amides is 1. The summed E-state index contributed by atoms with van der Waals surface area (Å²) in [6.45, 7) is 5.28. The lowest BCUT2D eigenvalue weighted by atomic mass is 9.95. The van der Waals surface area contributed by atoms with Crippen LogP contribution >= 0.6 is 0 Å². The lowest BCUT2D eigenvalue weighted by molar-refractivity contribution is -0.122. The number of benzene rings is 1. The molecule has 4 nitrogen and oxygen atoms in total. The Hall–Kier alpha value is -1.39. The molecule has 1 amide bonds. The standard InChI is InChI=1S/C18H26N2O2/c1-14-6-5-10-20(14)13-17(21)19-12-16-9-11-22-18(16)15-7-3-2-4-8-15/h2-4,7-8,14,16,18H,5-6,9-13H2,1H3,(H,19,21)/t14-,16+,18+/m0/s1. The minimum Gasteiger partial charge on any atom is -0.373 e. The average Bonchev–Trinajstić information content (AvgIpc) is 3.16. The van der Waals surface area contributed by atoms with Crippen molar-refractivity contribution in [1.29, 1.82) is 0 Å². The monoisotopic (exact) mass is 302 g/mol. The van der Waals surface area contributed by atoms with Crippen molar-refractivity contribution in [2.24, 2.45) is 5.92 Å². The van der Waals surface area contributed by atoms with Crippen LogP contribution in [0, 0.1) is 5.92 Å². The quantitative estimate of drug-likeness (QED) is 0.908. The third-order valence-electron chi connectivity index (χ3n) is 4.94. The van der Waals surface area contributed by atoms with Gasteiger partial charge in [0.2, 0.25) is 5.91 Å². The first kappa shape index (κ1) is 15.5. The van der Waals surface area contributed by atoms with E-state index < -0.39 is 0 Å². The summed E-state index contributed by atoms with van der Waals surface area (Å²) in [5, 5.41) is 3.11. The molecule has 3 atom stereocenters. The highest BCUT2D eigenvalue weighted by atomic mass is 16.5. The molecule has 0 bridgehead atoms. The topological polar surface area (TPSA) is 41.6 Å². The van der Waals surface area contributed by atoms with E-state index in [0.29, 0.717) is 25.0 Å². The fraction of sp³-hybridized carbons (Fsp3) is 0.611. The summed E-state index contributed by atoms with van der Waals surface area (Å²) in [5.41, 5.74) is 1.22. The van der Waals surface area contributed by atoms with E-state index in [-0.39, 0.29) is 12.0 Å². The van der Waals surface area contributed by atoms with Crippen LogP contribution in [-0.4, -0.2) is 43.1 Å². The van der Waals surface area contributed by atoms with Gasteiger partial charge in [-0.15, -0.1) is 0 Å². The molecule has 2 aliphatic heterocycles. The molecule has 0 spiro atoms. The summed E-state index contributed by atoms with van der Waals surface area (Å²) in [5.74, 6) is 0.523. The maximum Gasteiger partial charge on any atom is 0.234 e. The molecule has 120 valence electrons. The maximum absolute atomic E-state index is 12.2. The van der Waals surface area contributed by atoms with Crippen LogP contribution < -0.4 is 5.32 Å². The van der Waals surface area contributed by atoms with Crippen LogP contribution in [0.2, 0.25) is 0 Å². The second-order valence-corrected chi connectivity index (χ2v) is 6.52. The maximum atomic E-state index is 12.2. The molecule has 3 rings (SSSR count). The third-order valence-corrected chi connectivity index (χ3v) is 4.94. The molecule has 2 heterocycles. The van der Waals surface area contributed by atoms with Crippen LogP contribution in [0.1, 0.15) is 37.9 Å². The Bertz CT molecular complexity index is 491. The van der Waals surface area contributed by atoms with Crippen LogP contribution in [0.3, 0.4) is 0 Å². The van der Waals surface area contributed by atoms with Crippen molar-refractivity contribution in [3.8, 4) is 0 Å². The number of hydrogen-bond acceptors (Lipinski definition) is 3. The van der Waals surface area contributed by atoms with Crippen molar-refractivity contribution in [3.63, 3.8) is 0 Å². The fourth-order valence-corrected chi connectivity index (χ4v) is 3.57. The average molecular weight is 302 g/mol. The van der Waals surface area contributed by atoms with Crippen LogP contribution in [0.5, 0.6) is 0 Å². The van der Waals surface area contributed by atoms with E-state index in [1.54, 1.807) is 0 Å². The molecule has 1 aromatic carbocycles. The molecule has 0 saturated carbocycles. The number of carbonyl (C=O) groups excluding carboxylic acids is 1. The van der Waals surface area contributed by atoms with Gasteiger partial charge in [0.05, 0.1) is 12.6 Å². The van der Waals surface area contributed by atoms with E-state index in [9.17, 15) is 4.79 Å². The summed E-state index contributed by atoms with van der Waals surface area (Å²) in [7, 11) is 0. The van der Waals surface area contributed by atoms with E-state index in [1.807, 2.05) is 18.2 Å². The second kappa shape index (κ2) is 7.25. The molecule has 4 heteroatoms. The zero-order valence-corrected chi connectivity index (χ0v) is 13.3. The minimum absolute atomic E-state index is 0.118. The van der Waals surface area contributed by atoms with Gasteiger partial charge >= 0.3 is 0 Å². The smallest absolute Gasteiger partial charge is 0.234 e. The number of carbonyl (C=O) groups is 1. The van der Waals surface area contributed by atoms with Gasteiger partial charge in [-0.25, -0.2) is 0 Å². The molecule has 0 unspecified atom stereocenters. The Morgan fingerprint density at radius 2 is 2.14 bits per heavy atom. The van der Waals surface area contributed by atoms with Crippen molar-refractivity contribution in [3.05, 3.63) is 35.9 Å². The zero-order chi connectivity index (χ0) is 15.4. The van der Waals surface area contributed by atoms with Crippen LogP contribution in [0.4, 0.5) is 0 Å². The predicted molar refractivity (Wildman–Crippen MR) is 86.5 cm³/mol. The molecule has 2 aliphatic rings.